The molecule has 0 amide bonds. The molecule has 86 valence electrons. The van der Waals surface area contributed by atoms with Crippen LogP contribution in [0.25, 0.3) is 0 Å². The van der Waals surface area contributed by atoms with Crippen LogP contribution in [0.15, 0.2) is 30.3 Å². The van der Waals surface area contributed by atoms with Crippen molar-refractivity contribution in [3.05, 3.63) is 35.9 Å². The predicted molar refractivity (Wildman–Crippen MR) is 56.8 cm³/mol. The van der Waals surface area contributed by atoms with Gasteiger partial charge in [0, 0.05) is 5.56 Å². The van der Waals surface area contributed by atoms with Gasteiger partial charge in [0.15, 0.2) is 12.4 Å². The lowest BCUT2D eigenvalue weighted by molar-refractivity contribution is -0.144. The maximum absolute atomic E-state index is 11.5. The molecule has 0 fully saturated rings. The molecule has 1 rings (SSSR count). The molecule has 1 aromatic rings. The molecule has 0 aliphatic rings. The third-order valence-corrected chi connectivity index (χ3v) is 1.94. The number of ether oxygens (including phenoxy) is 1. The van der Waals surface area contributed by atoms with E-state index >= 15 is 0 Å². The van der Waals surface area contributed by atoms with Gasteiger partial charge in [0.2, 0.25) is 0 Å². The molecule has 0 bridgehead atoms. The molecule has 0 aliphatic heterocycles. The minimum Gasteiger partial charge on any atom is -0.456 e. The Balaban J connectivity index is 2.45. The average Bonchev–Trinajstić information content (AvgIpc) is 2.35. The number of ketones is 1. The number of esters is 1. The second-order valence-corrected chi connectivity index (χ2v) is 3.19. The largest absolute Gasteiger partial charge is 0.456 e. The van der Waals surface area contributed by atoms with E-state index in [0.717, 1.165) is 0 Å². The second kappa shape index (κ2) is 5.99. The first-order chi connectivity index (χ1) is 7.65. The van der Waals surface area contributed by atoms with Crippen LogP contribution in [0.1, 0.15) is 10.4 Å². The minimum absolute atomic E-state index is 0.306. The molecule has 0 unspecified atom stereocenters. The summed E-state index contributed by atoms with van der Waals surface area (Å²) >= 11 is 0. The van der Waals surface area contributed by atoms with Crippen molar-refractivity contribution < 1.29 is 19.4 Å². The predicted octanol–water partition coefficient (Wildman–Crippen LogP) is -0.268. The summed E-state index contributed by atoms with van der Waals surface area (Å²) in [5.41, 5.74) is 5.67. The molecule has 0 radical (unpaired) electrons. The molecule has 16 heavy (non-hydrogen) atoms. The lowest BCUT2D eigenvalue weighted by Gasteiger charge is -2.07. The average molecular weight is 223 g/mol. The third kappa shape index (κ3) is 3.45. The van der Waals surface area contributed by atoms with Crippen LogP contribution in [0.5, 0.6) is 0 Å². The summed E-state index contributed by atoms with van der Waals surface area (Å²) in [6.45, 7) is -0.866. The van der Waals surface area contributed by atoms with Crippen molar-refractivity contribution in [3.8, 4) is 0 Å². The number of aliphatic hydroxyl groups excluding tert-OH is 1. The summed E-state index contributed by atoms with van der Waals surface area (Å²) in [5, 5.41) is 8.58. The molecule has 5 nitrogen and oxygen atoms in total. The lowest BCUT2D eigenvalue weighted by atomic mass is 10.1. The van der Waals surface area contributed by atoms with Gasteiger partial charge >= 0.3 is 5.97 Å². The summed E-state index contributed by atoms with van der Waals surface area (Å²) in [6, 6.07) is 7.38. The van der Waals surface area contributed by atoms with Gasteiger partial charge in [-0.05, 0) is 0 Å². The Bertz CT molecular complexity index is 364. The van der Waals surface area contributed by atoms with Gasteiger partial charge in [0.1, 0.15) is 6.04 Å². The van der Waals surface area contributed by atoms with Crippen LogP contribution in [0.3, 0.4) is 0 Å². The molecule has 0 spiro atoms. The lowest BCUT2D eigenvalue weighted by Crippen LogP contribution is -2.36. The summed E-state index contributed by atoms with van der Waals surface area (Å²) in [6.07, 6.45) is 0. The number of aliphatic hydroxyl groups is 1. The number of nitrogens with two attached hydrogens (primary N) is 1. The number of hydrogen-bond acceptors (Lipinski definition) is 5. The van der Waals surface area contributed by atoms with Crippen molar-refractivity contribution in [1.82, 2.24) is 0 Å². The fourth-order valence-electron chi connectivity index (χ4n) is 1.03. The Hall–Kier alpha value is -1.72. The van der Waals surface area contributed by atoms with Gasteiger partial charge < -0.3 is 15.6 Å². The van der Waals surface area contributed by atoms with E-state index in [2.05, 4.69) is 4.74 Å². The molecule has 3 N–H and O–H groups in total. The zero-order chi connectivity index (χ0) is 12.0. The van der Waals surface area contributed by atoms with Gasteiger partial charge in [0.05, 0.1) is 6.61 Å². The van der Waals surface area contributed by atoms with E-state index in [9.17, 15) is 9.59 Å². The molecule has 0 aliphatic carbocycles. The number of benzene rings is 1. The van der Waals surface area contributed by atoms with E-state index in [4.69, 9.17) is 10.8 Å². The minimum atomic E-state index is -1.09. The van der Waals surface area contributed by atoms with E-state index in [1.54, 1.807) is 30.3 Å². The monoisotopic (exact) mass is 223 g/mol. The highest BCUT2D eigenvalue weighted by Crippen LogP contribution is 2.00. The fraction of sp³-hybridized carbons (Fsp3) is 0.273. The number of Topliss-reactive ketones (excluding diaryl/α,β-unsaturated/α-hetero) is 1. The van der Waals surface area contributed by atoms with Crippen molar-refractivity contribution in [1.29, 1.82) is 0 Å². The van der Waals surface area contributed by atoms with Crippen LogP contribution >= 0.6 is 0 Å². The molecule has 0 saturated carbocycles. The Morgan fingerprint density at radius 1 is 1.31 bits per heavy atom. The molecular weight excluding hydrogens is 210 g/mol. The smallest absolute Gasteiger partial charge is 0.325 e. The van der Waals surface area contributed by atoms with E-state index < -0.39 is 18.6 Å². The maximum Gasteiger partial charge on any atom is 0.325 e. The molecule has 0 heterocycles. The molecule has 5 heteroatoms. The first-order valence-corrected chi connectivity index (χ1v) is 4.76. The van der Waals surface area contributed by atoms with Gasteiger partial charge in [-0.1, -0.05) is 30.3 Å². The maximum atomic E-state index is 11.5. The van der Waals surface area contributed by atoms with E-state index in [1.165, 1.54) is 0 Å². The normalized spacial score (nSPS) is 11.9. The Morgan fingerprint density at radius 3 is 2.50 bits per heavy atom. The van der Waals surface area contributed by atoms with Gasteiger partial charge in [-0.25, -0.2) is 0 Å². The highest BCUT2D eigenvalue weighted by atomic mass is 16.5. The van der Waals surface area contributed by atoms with Crippen LogP contribution in [-0.2, 0) is 9.53 Å². The Labute approximate surface area is 92.8 Å². The molecular formula is C11H13NO4. The highest BCUT2D eigenvalue weighted by Gasteiger charge is 2.15. The van der Waals surface area contributed by atoms with Crippen LogP contribution < -0.4 is 5.73 Å². The van der Waals surface area contributed by atoms with Crippen molar-refractivity contribution in [2.24, 2.45) is 5.73 Å². The van der Waals surface area contributed by atoms with Crippen LogP contribution in [0.4, 0.5) is 0 Å². The van der Waals surface area contributed by atoms with E-state index in [1.807, 2.05) is 0 Å². The first-order valence-electron chi connectivity index (χ1n) is 4.76. The van der Waals surface area contributed by atoms with Gasteiger partial charge in [-0.15, -0.1) is 0 Å². The summed E-state index contributed by atoms with van der Waals surface area (Å²) in [5.74, 6) is -1.09. The summed E-state index contributed by atoms with van der Waals surface area (Å²) < 4.78 is 4.64. The van der Waals surface area contributed by atoms with Crippen LogP contribution in [0.2, 0.25) is 0 Å². The van der Waals surface area contributed by atoms with Crippen LogP contribution in [0, 0.1) is 0 Å². The molecule has 1 atom stereocenters. The standard InChI is InChI=1S/C11H13NO4/c12-9(6-13)11(15)16-7-10(14)8-4-2-1-3-5-8/h1-5,9,13H,6-7,12H2/t9-/m1/s1. The SMILES string of the molecule is N[C@H](CO)C(=O)OCC(=O)c1ccccc1. The van der Waals surface area contributed by atoms with Crippen molar-refractivity contribution in [2.75, 3.05) is 13.2 Å². The van der Waals surface area contributed by atoms with E-state index in [-0.39, 0.29) is 12.4 Å². The van der Waals surface area contributed by atoms with Gasteiger partial charge in [0.25, 0.3) is 0 Å². The zero-order valence-corrected chi connectivity index (χ0v) is 8.63. The number of carbonyl (C=O) groups is 2. The number of carbonyl (C=O) groups excluding carboxylic acids is 2. The number of rotatable bonds is 5. The van der Waals surface area contributed by atoms with Crippen molar-refractivity contribution >= 4 is 11.8 Å². The van der Waals surface area contributed by atoms with Crippen molar-refractivity contribution in [3.63, 3.8) is 0 Å². The second-order valence-electron chi connectivity index (χ2n) is 3.19. The fourth-order valence-corrected chi connectivity index (χ4v) is 1.03. The molecule has 0 aromatic heterocycles. The summed E-state index contributed by atoms with van der Waals surface area (Å²) in [7, 11) is 0. The number of hydrogen-bond donors (Lipinski definition) is 2. The topological polar surface area (TPSA) is 89.6 Å². The zero-order valence-electron chi connectivity index (χ0n) is 8.63. The first kappa shape index (κ1) is 12.4. The Kier molecular flexibility index (Phi) is 4.63. The molecule has 1 aromatic carbocycles. The Morgan fingerprint density at radius 2 is 1.94 bits per heavy atom. The quantitative estimate of drug-likeness (QED) is 0.530. The van der Waals surface area contributed by atoms with Gasteiger partial charge in [-0.2, -0.15) is 0 Å². The van der Waals surface area contributed by atoms with Crippen LogP contribution in [-0.4, -0.2) is 36.1 Å². The summed E-state index contributed by atoms with van der Waals surface area (Å²) in [4.78, 5) is 22.5. The van der Waals surface area contributed by atoms with E-state index in [0.29, 0.717) is 5.56 Å². The molecule has 0 saturated heterocycles. The highest BCUT2D eigenvalue weighted by molar-refractivity contribution is 5.98. The van der Waals surface area contributed by atoms with Gasteiger partial charge in [-0.3, -0.25) is 9.59 Å². The third-order valence-electron chi connectivity index (χ3n) is 1.94. The van der Waals surface area contributed by atoms with Crippen molar-refractivity contribution in [2.45, 2.75) is 6.04 Å².